The number of benzene rings is 1. The molecule has 4 heterocycles. The summed E-state index contributed by atoms with van der Waals surface area (Å²) in [4.78, 5) is 25.6. The quantitative estimate of drug-likeness (QED) is 0.145. The fraction of sp³-hybridized carbons (Fsp3) is 0.676. The van der Waals surface area contributed by atoms with Crippen LogP contribution in [0, 0.1) is 11.7 Å². The minimum Gasteiger partial charge on any atom is -0.484 e. The highest BCUT2D eigenvalue weighted by atomic mass is 28.3. The number of rotatable bonds is 11. The van der Waals surface area contributed by atoms with E-state index in [0.29, 0.717) is 50.2 Å². The van der Waals surface area contributed by atoms with E-state index in [1.165, 1.54) is 6.07 Å². The van der Waals surface area contributed by atoms with E-state index >= 15 is 8.78 Å². The van der Waals surface area contributed by atoms with Crippen LogP contribution in [-0.4, -0.2) is 88.5 Å². The second kappa shape index (κ2) is 14.0. The molecule has 1 amide bonds. The average molecular weight is 713 g/mol. The van der Waals surface area contributed by atoms with Gasteiger partial charge in [0.15, 0.2) is 11.6 Å². The van der Waals surface area contributed by atoms with E-state index in [0.717, 1.165) is 61.7 Å². The molecule has 0 bridgehead atoms. The van der Waals surface area contributed by atoms with Crippen molar-refractivity contribution < 1.29 is 27.8 Å². The number of hydrogen-bond acceptors (Lipinski definition) is 8. The number of piperidine rings is 2. The Labute approximate surface area is 295 Å². The number of likely N-dealkylation sites (tertiary alicyclic amines) is 1. The normalized spacial score (nSPS) is 19.5. The van der Waals surface area contributed by atoms with Gasteiger partial charge in [-0.05, 0) is 90.7 Å². The number of halogens is 2. The summed E-state index contributed by atoms with van der Waals surface area (Å²) in [5.74, 6) is 0.830. The molecule has 0 N–H and O–H groups in total. The fourth-order valence-electron chi connectivity index (χ4n) is 6.80. The van der Waals surface area contributed by atoms with E-state index in [4.69, 9.17) is 19.3 Å². The molecule has 274 valence electrons. The predicted octanol–water partition coefficient (Wildman–Crippen LogP) is 8.22. The summed E-state index contributed by atoms with van der Waals surface area (Å²) in [5.41, 5.74) is -0.265. The summed E-state index contributed by atoms with van der Waals surface area (Å²) in [6.45, 7) is 17.6. The molecule has 0 unspecified atom stereocenters. The van der Waals surface area contributed by atoms with Crippen molar-refractivity contribution in [2.75, 3.05) is 37.7 Å². The highest BCUT2D eigenvalue weighted by Crippen LogP contribution is 2.42. The molecule has 3 aromatic rings. The number of anilines is 1. The first-order valence-electron chi connectivity index (χ1n) is 18.2. The number of amides is 1. The van der Waals surface area contributed by atoms with Gasteiger partial charge in [-0.15, -0.1) is 0 Å². The van der Waals surface area contributed by atoms with Crippen LogP contribution in [0.15, 0.2) is 24.5 Å². The highest BCUT2D eigenvalue weighted by Gasteiger charge is 2.41. The molecular weight excluding hydrogens is 659 g/mol. The average Bonchev–Trinajstić information content (AvgIpc) is 3.66. The van der Waals surface area contributed by atoms with Gasteiger partial charge in [-0.1, -0.05) is 19.6 Å². The number of alkyl halides is 1. The van der Waals surface area contributed by atoms with Crippen LogP contribution in [-0.2, 0) is 16.2 Å². The first kappa shape index (κ1) is 36.5. The number of fused-ring (bicyclic) bond motifs is 1. The van der Waals surface area contributed by atoms with Crippen molar-refractivity contribution >= 4 is 30.9 Å². The van der Waals surface area contributed by atoms with Gasteiger partial charge < -0.3 is 24.0 Å². The molecule has 13 heteroatoms. The summed E-state index contributed by atoms with van der Waals surface area (Å²) < 4.78 is 50.6. The van der Waals surface area contributed by atoms with Crippen LogP contribution in [0.3, 0.4) is 0 Å². The van der Waals surface area contributed by atoms with E-state index in [9.17, 15) is 4.79 Å². The molecule has 1 aromatic carbocycles. The summed E-state index contributed by atoms with van der Waals surface area (Å²) in [6, 6.07) is 6.16. The van der Waals surface area contributed by atoms with E-state index < -0.39 is 25.2 Å². The molecule has 0 spiro atoms. The molecule has 6 rings (SSSR count). The molecular formula is C37H54F2N6O4Si. The lowest BCUT2D eigenvalue weighted by molar-refractivity contribution is -0.00334. The van der Waals surface area contributed by atoms with Gasteiger partial charge >= 0.3 is 6.09 Å². The van der Waals surface area contributed by atoms with Gasteiger partial charge in [0, 0.05) is 58.4 Å². The number of carbonyl (C=O) groups is 1. The maximum Gasteiger partial charge on any atom is 0.410 e. The topological polar surface area (TPSA) is 94.8 Å². The monoisotopic (exact) mass is 712 g/mol. The Hall–Kier alpha value is -3.32. The van der Waals surface area contributed by atoms with Crippen molar-refractivity contribution in [2.24, 2.45) is 5.92 Å². The molecule has 3 fully saturated rings. The molecule has 2 aromatic heterocycles. The SMILES string of the molecule is CC(C)(C)OC(=O)N1CCC(F)(CC2CCN(c3cc(-c4c5cc(OC6(C)CC6)c(F)cc5nn4COCC[Si](C)(C)C)ncn3)CC2)CC1. The Morgan fingerprint density at radius 2 is 1.72 bits per heavy atom. The van der Waals surface area contributed by atoms with Crippen molar-refractivity contribution in [1.29, 1.82) is 0 Å². The van der Waals surface area contributed by atoms with Crippen molar-refractivity contribution in [3.8, 4) is 17.1 Å². The van der Waals surface area contributed by atoms with Crippen molar-refractivity contribution in [3.05, 3.63) is 30.3 Å². The van der Waals surface area contributed by atoms with Crippen LogP contribution in [0.25, 0.3) is 22.3 Å². The number of nitrogens with zero attached hydrogens (tertiary/aromatic N) is 6. The van der Waals surface area contributed by atoms with Crippen LogP contribution in [0.5, 0.6) is 5.75 Å². The zero-order valence-corrected chi connectivity index (χ0v) is 31.9. The third-order valence-electron chi connectivity index (χ3n) is 10.1. The van der Waals surface area contributed by atoms with Crippen molar-refractivity contribution in [3.63, 3.8) is 0 Å². The van der Waals surface area contributed by atoms with Crippen LogP contribution >= 0.6 is 0 Å². The zero-order valence-electron chi connectivity index (χ0n) is 30.9. The molecule has 10 nitrogen and oxygen atoms in total. The Bertz CT molecular complexity index is 1670. The minimum absolute atomic E-state index is 0.218. The van der Waals surface area contributed by atoms with E-state index in [1.54, 1.807) is 22.0 Å². The minimum atomic E-state index is -1.29. The fourth-order valence-corrected chi connectivity index (χ4v) is 7.56. The van der Waals surface area contributed by atoms with Crippen LogP contribution in [0.1, 0.15) is 72.6 Å². The summed E-state index contributed by atoms with van der Waals surface area (Å²) in [6.07, 6.45) is 5.86. The molecule has 2 saturated heterocycles. The Morgan fingerprint density at radius 3 is 2.36 bits per heavy atom. The molecule has 50 heavy (non-hydrogen) atoms. The molecule has 1 aliphatic carbocycles. The smallest absolute Gasteiger partial charge is 0.410 e. The van der Waals surface area contributed by atoms with Gasteiger partial charge in [0.05, 0.1) is 16.9 Å². The summed E-state index contributed by atoms with van der Waals surface area (Å²) >= 11 is 0. The first-order chi connectivity index (χ1) is 23.5. The Kier molecular flexibility index (Phi) is 10.2. The van der Waals surface area contributed by atoms with Gasteiger partial charge in [0.25, 0.3) is 0 Å². The first-order valence-corrected chi connectivity index (χ1v) is 21.9. The molecule has 1 saturated carbocycles. The summed E-state index contributed by atoms with van der Waals surface area (Å²) in [7, 11) is -1.29. The van der Waals surface area contributed by atoms with Crippen LogP contribution in [0.2, 0.25) is 25.7 Å². The highest BCUT2D eigenvalue weighted by molar-refractivity contribution is 6.76. The van der Waals surface area contributed by atoms with Crippen LogP contribution in [0.4, 0.5) is 19.4 Å². The van der Waals surface area contributed by atoms with E-state index in [1.807, 2.05) is 33.8 Å². The predicted molar refractivity (Wildman–Crippen MR) is 194 cm³/mol. The third kappa shape index (κ3) is 9.12. The van der Waals surface area contributed by atoms with Gasteiger partial charge in [-0.2, -0.15) is 5.10 Å². The van der Waals surface area contributed by atoms with Crippen molar-refractivity contribution in [2.45, 2.75) is 122 Å². The second-order valence-corrected chi connectivity index (χ2v) is 22.7. The number of carbonyl (C=O) groups excluding carboxylic acids is 1. The standard InChI is InChI=1S/C37H54F2N6O4Si/c1-35(2,3)49-34(46)44-16-12-37(39,13-17-44)23-26-8-14-43(15-9-26)32-22-30(40-24-41-32)33-27-20-31(48-36(4)10-11-36)28(38)21-29(27)42-45(33)25-47-18-19-50(5,6)7/h20-22,24,26H,8-19,23,25H2,1-7H3. The lowest BCUT2D eigenvalue weighted by Crippen LogP contribution is -2.47. The molecule has 0 radical (unpaired) electrons. The largest absolute Gasteiger partial charge is 0.484 e. The van der Waals surface area contributed by atoms with Crippen molar-refractivity contribution in [1.82, 2.24) is 24.6 Å². The summed E-state index contributed by atoms with van der Waals surface area (Å²) in [5, 5.41) is 5.49. The van der Waals surface area contributed by atoms with Gasteiger partial charge in [-0.3, -0.25) is 0 Å². The van der Waals surface area contributed by atoms with E-state index in [2.05, 4.69) is 34.5 Å². The molecule has 2 aliphatic heterocycles. The lowest BCUT2D eigenvalue weighted by Gasteiger charge is -2.40. The number of ether oxygens (including phenoxy) is 3. The second-order valence-electron chi connectivity index (χ2n) is 17.1. The van der Waals surface area contributed by atoms with Gasteiger partial charge in [-0.25, -0.2) is 28.2 Å². The maximum atomic E-state index is 16.0. The zero-order chi connectivity index (χ0) is 35.9. The van der Waals surface area contributed by atoms with E-state index in [-0.39, 0.29) is 30.1 Å². The van der Waals surface area contributed by atoms with Crippen LogP contribution < -0.4 is 9.64 Å². The molecule has 0 atom stereocenters. The molecule has 3 aliphatic rings. The number of hydrogen-bond donors (Lipinski definition) is 0. The van der Waals surface area contributed by atoms with Gasteiger partial charge in [0.2, 0.25) is 0 Å². The number of aromatic nitrogens is 4. The Morgan fingerprint density at radius 1 is 1.02 bits per heavy atom. The maximum absolute atomic E-state index is 16.0. The lowest BCUT2D eigenvalue weighted by atomic mass is 9.80. The van der Waals surface area contributed by atoms with Gasteiger partial charge in [0.1, 0.15) is 35.7 Å². The Balaban J connectivity index is 1.14. The third-order valence-corrected chi connectivity index (χ3v) is 11.8.